The number of nitrogens with zero attached hydrogens (tertiary/aromatic N) is 6. The van der Waals surface area contributed by atoms with Gasteiger partial charge >= 0.3 is 0 Å². The quantitative estimate of drug-likeness (QED) is 0.764. The second kappa shape index (κ2) is 6.67. The molecule has 7 nitrogen and oxygen atoms in total. The highest BCUT2D eigenvalue weighted by atomic mass is 32.2. The van der Waals surface area contributed by atoms with Crippen LogP contribution in [0.2, 0.25) is 0 Å². The van der Waals surface area contributed by atoms with E-state index in [0.29, 0.717) is 19.1 Å². The van der Waals surface area contributed by atoms with E-state index in [1.165, 1.54) is 0 Å². The van der Waals surface area contributed by atoms with Gasteiger partial charge in [-0.05, 0) is 29.8 Å². The van der Waals surface area contributed by atoms with Gasteiger partial charge in [0.1, 0.15) is 0 Å². The van der Waals surface area contributed by atoms with Crippen molar-refractivity contribution < 1.29 is 0 Å². The summed E-state index contributed by atoms with van der Waals surface area (Å²) in [6, 6.07) is 2.47. The third-order valence-corrected chi connectivity index (χ3v) is 3.89. The molecule has 0 saturated carbocycles. The first-order valence-electron chi connectivity index (χ1n) is 6.37. The molecule has 2 aromatic heterocycles. The molecular weight excluding hydrogens is 262 g/mol. The molecule has 0 spiro atoms. The molecule has 0 aliphatic rings. The summed E-state index contributed by atoms with van der Waals surface area (Å²) in [5.41, 5.74) is 6.54. The first-order chi connectivity index (χ1) is 9.24. The molecule has 104 valence electrons. The largest absolute Gasteiger partial charge is 0.329 e. The lowest BCUT2D eigenvalue weighted by atomic mass is 10.3. The van der Waals surface area contributed by atoms with Crippen LogP contribution in [0.15, 0.2) is 17.4 Å². The fourth-order valence-corrected chi connectivity index (χ4v) is 2.39. The number of hydrogen-bond acceptors (Lipinski definition) is 6. The number of thioether (sulfide) groups is 1. The van der Waals surface area contributed by atoms with Gasteiger partial charge in [0.05, 0.1) is 12.2 Å². The molecule has 0 aliphatic carbocycles. The Morgan fingerprint density at radius 3 is 3.05 bits per heavy atom. The molecule has 19 heavy (non-hydrogen) atoms. The van der Waals surface area contributed by atoms with Crippen molar-refractivity contribution in [3.05, 3.63) is 18.0 Å². The van der Waals surface area contributed by atoms with Crippen molar-refractivity contribution in [2.75, 3.05) is 6.54 Å². The second-order valence-corrected chi connectivity index (χ2v) is 5.25. The summed E-state index contributed by atoms with van der Waals surface area (Å²) in [6.45, 7) is 5.48. The van der Waals surface area contributed by atoms with E-state index in [-0.39, 0.29) is 0 Å². The van der Waals surface area contributed by atoms with Gasteiger partial charge < -0.3 is 5.73 Å². The van der Waals surface area contributed by atoms with Crippen LogP contribution < -0.4 is 5.73 Å². The van der Waals surface area contributed by atoms with Crippen LogP contribution in [0.5, 0.6) is 0 Å². The Labute approximate surface area is 116 Å². The zero-order valence-corrected chi connectivity index (χ0v) is 12.0. The van der Waals surface area contributed by atoms with Gasteiger partial charge in [0.2, 0.25) is 5.16 Å². The van der Waals surface area contributed by atoms with E-state index < -0.39 is 0 Å². The van der Waals surface area contributed by atoms with Crippen LogP contribution >= 0.6 is 11.8 Å². The van der Waals surface area contributed by atoms with Crippen LogP contribution in [0.3, 0.4) is 0 Å². The molecule has 8 heteroatoms. The maximum atomic E-state index is 5.51. The molecule has 2 heterocycles. The lowest BCUT2D eigenvalue weighted by molar-refractivity contribution is 0.475. The molecule has 0 amide bonds. The molecule has 0 bridgehead atoms. The molecule has 2 N–H and O–H groups in total. The van der Waals surface area contributed by atoms with Gasteiger partial charge in [0, 0.05) is 24.5 Å². The highest BCUT2D eigenvalue weighted by Crippen LogP contribution is 2.19. The first kappa shape index (κ1) is 14.0. The second-order valence-electron chi connectivity index (χ2n) is 4.31. The van der Waals surface area contributed by atoms with Crippen LogP contribution in [0, 0.1) is 0 Å². The lowest BCUT2D eigenvalue weighted by Gasteiger charge is -2.08. The molecule has 2 aromatic rings. The highest BCUT2D eigenvalue weighted by Gasteiger charge is 2.09. The monoisotopic (exact) mass is 281 g/mol. The summed E-state index contributed by atoms with van der Waals surface area (Å²) in [5, 5.41) is 16.9. The Kier molecular flexibility index (Phi) is 4.92. The lowest BCUT2D eigenvalue weighted by Crippen LogP contribution is -2.12. The Balaban J connectivity index is 1.94. The van der Waals surface area contributed by atoms with Gasteiger partial charge in [-0.2, -0.15) is 5.10 Å². The fourth-order valence-electron chi connectivity index (χ4n) is 1.59. The van der Waals surface area contributed by atoms with Crippen molar-refractivity contribution in [1.29, 1.82) is 0 Å². The minimum absolute atomic E-state index is 0.432. The smallest absolute Gasteiger partial charge is 0.209 e. The number of rotatable bonds is 7. The summed E-state index contributed by atoms with van der Waals surface area (Å²) >= 11 is 1.57. The van der Waals surface area contributed by atoms with Crippen molar-refractivity contribution in [1.82, 2.24) is 30.0 Å². The molecule has 1 atom stereocenters. The average Bonchev–Trinajstić information content (AvgIpc) is 3.05. The highest BCUT2D eigenvalue weighted by molar-refractivity contribution is 7.98. The van der Waals surface area contributed by atoms with Gasteiger partial charge in [-0.25, -0.2) is 4.68 Å². The normalized spacial score (nSPS) is 12.8. The molecular formula is C11H19N7S. The van der Waals surface area contributed by atoms with E-state index >= 15 is 0 Å². The van der Waals surface area contributed by atoms with Crippen molar-refractivity contribution in [3.63, 3.8) is 0 Å². The molecule has 2 rings (SSSR count). The Morgan fingerprint density at radius 1 is 1.47 bits per heavy atom. The van der Waals surface area contributed by atoms with Crippen molar-refractivity contribution in [2.24, 2.45) is 5.73 Å². The fraction of sp³-hybridized carbons (Fsp3) is 0.636. The van der Waals surface area contributed by atoms with Gasteiger partial charge in [0.15, 0.2) is 0 Å². The van der Waals surface area contributed by atoms with E-state index in [0.717, 1.165) is 23.0 Å². The molecule has 0 saturated heterocycles. The zero-order valence-electron chi connectivity index (χ0n) is 11.2. The van der Waals surface area contributed by atoms with E-state index in [9.17, 15) is 0 Å². The maximum absolute atomic E-state index is 5.51. The molecule has 0 aliphatic heterocycles. The van der Waals surface area contributed by atoms with Gasteiger partial charge in [-0.15, -0.1) is 5.10 Å². The zero-order chi connectivity index (χ0) is 13.7. The Morgan fingerprint density at radius 2 is 2.32 bits per heavy atom. The summed E-state index contributed by atoms with van der Waals surface area (Å²) in [6.07, 6.45) is 3.09. The van der Waals surface area contributed by atoms with Gasteiger partial charge in [-0.3, -0.25) is 4.68 Å². The number of hydrogen-bond donors (Lipinski definition) is 1. The average molecular weight is 281 g/mol. The number of nitrogens with two attached hydrogens (primary N) is 1. The predicted molar refractivity (Wildman–Crippen MR) is 73.7 cm³/mol. The predicted octanol–water partition coefficient (Wildman–Crippen LogP) is 1.09. The topological polar surface area (TPSA) is 87.4 Å². The van der Waals surface area contributed by atoms with E-state index in [1.54, 1.807) is 16.4 Å². The standard InChI is InChI=1S/C11H19N7S/c1-3-9(2)17-6-4-10(14-17)8-19-11-13-15-16-18(11)7-5-12/h4,6,9H,3,5,7-8,12H2,1-2H3. The van der Waals surface area contributed by atoms with Crippen LogP contribution in [0.4, 0.5) is 0 Å². The van der Waals surface area contributed by atoms with E-state index in [4.69, 9.17) is 5.73 Å². The minimum Gasteiger partial charge on any atom is -0.329 e. The van der Waals surface area contributed by atoms with E-state index in [2.05, 4.69) is 34.5 Å². The summed E-state index contributed by atoms with van der Waals surface area (Å²) < 4.78 is 3.72. The molecule has 0 aromatic carbocycles. The van der Waals surface area contributed by atoms with Crippen molar-refractivity contribution >= 4 is 11.8 Å². The third kappa shape index (κ3) is 3.54. The SMILES string of the molecule is CCC(C)n1ccc(CSc2nnnn2CCN)n1. The van der Waals surface area contributed by atoms with E-state index in [1.807, 2.05) is 16.9 Å². The molecule has 0 fully saturated rings. The first-order valence-corrected chi connectivity index (χ1v) is 7.36. The van der Waals surface area contributed by atoms with Crippen LogP contribution in [-0.2, 0) is 12.3 Å². The maximum Gasteiger partial charge on any atom is 0.209 e. The number of aromatic nitrogens is 6. The summed E-state index contributed by atoms with van der Waals surface area (Å²) in [4.78, 5) is 0. The summed E-state index contributed by atoms with van der Waals surface area (Å²) in [7, 11) is 0. The number of tetrazole rings is 1. The van der Waals surface area contributed by atoms with Gasteiger partial charge in [-0.1, -0.05) is 18.7 Å². The van der Waals surface area contributed by atoms with Crippen LogP contribution in [0.1, 0.15) is 32.0 Å². The molecule has 0 radical (unpaired) electrons. The third-order valence-electron chi connectivity index (χ3n) is 2.90. The van der Waals surface area contributed by atoms with Crippen molar-refractivity contribution in [2.45, 2.75) is 43.8 Å². The van der Waals surface area contributed by atoms with Gasteiger partial charge in [0.25, 0.3) is 0 Å². The Bertz CT molecular complexity index is 507. The molecule has 1 unspecified atom stereocenters. The van der Waals surface area contributed by atoms with Crippen molar-refractivity contribution in [3.8, 4) is 0 Å². The minimum atomic E-state index is 0.432. The Hall–Kier alpha value is -1.41. The van der Waals surface area contributed by atoms with Crippen LogP contribution in [-0.4, -0.2) is 36.5 Å². The van der Waals surface area contributed by atoms with Crippen LogP contribution in [0.25, 0.3) is 0 Å². The summed E-state index contributed by atoms with van der Waals surface area (Å²) in [5.74, 6) is 0.758.